The van der Waals surface area contributed by atoms with Crippen LogP contribution in [0.5, 0.6) is 0 Å². The molecule has 0 amide bonds. The number of allylic oxidation sites excluding steroid dienone is 2. The lowest BCUT2D eigenvalue weighted by molar-refractivity contribution is 0.104. The molecule has 1 aromatic heterocycles. The van der Waals surface area contributed by atoms with Crippen molar-refractivity contribution in [3.63, 3.8) is 0 Å². The van der Waals surface area contributed by atoms with Crippen molar-refractivity contribution in [1.82, 2.24) is 0 Å². The predicted octanol–water partition coefficient (Wildman–Crippen LogP) is 3.21. The number of carbonyl (C=O) groups excluding carboxylic acids is 1. The summed E-state index contributed by atoms with van der Waals surface area (Å²) in [5.74, 6) is 0.111. The van der Waals surface area contributed by atoms with Gasteiger partial charge >= 0.3 is 0 Å². The van der Waals surface area contributed by atoms with E-state index in [0.29, 0.717) is 0 Å². The van der Waals surface area contributed by atoms with Crippen molar-refractivity contribution in [3.8, 4) is 0 Å². The van der Waals surface area contributed by atoms with Crippen LogP contribution in [0.3, 0.4) is 0 Å². The topological polar surface area (TPSA) is 17.1 Å². The Morgan fingerprint density at radius 3 is 2.58 bits per heavy atom. The maximum atomic E-state index is 11.4. The molecule has 0 spiro atoms. The van der Waals surface area contributed by atoms with E-state index in [1.54, 1.807) is 17.4 Å². The van der Waals surface area contributed by atoms with Gasteiger partial charge in [0.05, 0.1) is 0 Å². The molecule has 1 rings (SSSR count). The highest BCUT2D eigenvalue weighted by Gasteiger charge is 2.03. The highest BCUT2D eigenvalue weighted by molar-refractivity contribution is 7.10. The minimum atomic E-state index is 0.111. The molecule has 0 bridgehead atoms. The highest BCUT2D eigenvalue weighted by atomic mass is 32.1. The molecular weight excluding hydrogens is 168 g/mol. The van der Waals surface area contributed by atoms with E-state index >= 15 is 0 Å². The summed E-state index contributed by atoms with van der Waals surface area (Å²) in [6.45, 7) is 5.86. The molecule has 1 heterocycles. The second-order valence-corrected chi connectivity index (χ2v) is 4.15. The molecule has 1 aromatic rings. The number of hydrogen-bond acceptors (Lipinski definition) is 2. The second-order valence-electron chi connectivity index (χ2n) is 3.03. The quantitative estimate of drug-likeness (QED) is 0.504. The molecule has 0 saturated carbocycles. The number of carbonyl (C=O) groups is 1. The molecular formula is C10H12OS. The molecule has 0 saturated heterocycles. The second kappa shape index (κ2) is 3.68. The summed E-state index contributed by atoms with van der Waals surface area (Å²) < 4.78 is 0. The Bertz CT molecular complexity index is 316. The van der Waals surface area contributed by atoms with Gasteiger partial charge in [-0.3, -0.25) is 4.79 Å². The van der Waals surface area contributed by atoms with Gasteiger partial charge in [-0.2, -0.15) is 0 Å². The normalized spacial score (nSPS) is 9.58. The first-order valence-corrected chi connectivity index (χ1v) is 4.72. The lowest BCUT2D eigenvalue weighted by Gasteiger charge is -1.89. The maximum absolute atomic E-state index is 11.4. The molecule has 0 aliphatic carbocycles. The number of thiophene rings is 1. The van der Waals surface area contributed by atoms with Crippen LogP contribution < -0.4 is 0 Å². The van der Waals surface area contributed by atoms with Crippen molar-refractivity contribution in [2.24, 2.45) is 0 Å². The van der Waals surface area contributed by atoms with Crippen LogP contribution in [0.15, 0.2) is 23.1 Å². The zero-order valence-corrected chi connectivity index (χ0v) is 8.37. The van der Waals surface area contributed by atoms with E-state index in [1.807, 2.05) is 32.2 Å². The number of hydrogen-bond donors (Lipinski definition) is 0. The fourth-order valence-electron chi connectivity index (χ4n) is 0.918. The average Bonchev–Trinajstić information content (AvgIpc) is 2.34. The van der Waals surface area contributed by atoms with Crippen LogP contribution in [-0.4, -0.2) is 5.78 Å². The molecule has 0 fully saturated rings. The Morgan fingerprint density at radius 2 is 2.17 bits per heavy atom. The van der Waals surface area contributed by atoms with E-state index in [-0.39, 0.29) is 5.78 Å². The summed E-state index contributed by atoms with van der Waals surface area (Å²) in [6, 6.07) is 1.92. The van der Waals surface area contributed by atoms with Crippen LogP contribution >= 0.6 is 11.3 Å². The fraction of sp³-hybridized carbons (Fsp3) is 0.300. The van der Waals surface area contributed by atoms with Crippen LogP contribution in [0.4, 0.5) is 0 Å². The minimum Gasteiger partial charge on any atom is -0.289 e. The molecule has 0 N–H and O–H groups in total. The Hall–Kier alpha value is -0.890. The minimum absolute atomic E-state index is 0.111. The summed E-state index contributed by atoms with van der Waals surface area (Å²) >= 11 is 1.61. The Balaban J connectivity index is 2.86. The van der Waals surface area contributed by atoms with E-state index in [4.69, 9.17) is 0 Å². The molecule has 0 atom stereocenters. The summed E-state index contributed by atoms with van der Waals surface area (Å²) in [6.07, 6.45) is 1.67. The molecule has 0 unspecified atom stereocenters. The van der Waals surface area contributed by atoms with Crippen molar-refractivity contribution < 1.29 is 4.79 Å². The maximum Gasteiger partial charge on any atom is 0.186 e. The van der Waals surface area contributed by atoms with Gasteiger partial charge in [-0.05, 0) is 32.9 Å². The molecule has 0 aliphatic rings. The van der Waals surface area contributed by atoms with Crippen LogP contribution in [-0.2, 0) is 0 Å². The molecule has 0 radical (unpaired) electrons. The van der Waals surface area contributed by atoms with Gasteiger partial charge in [0.25, 0.3) is 0 Å². The van der Waals surface area contributed by atoms with Gasteiger partial charge in [0.2, 0.25) is 0 Å². The van der Waals surface area contributed by atoms with Gasteiger partial charge in [-0.15, -0.1) is 11.3 Å². The zero-order chi connectivity index (χ0) is 9.14. The third-order valence-electron chi connectivity index (χ3n) is 1.43. The molecule has 2 heteroatoms. The van der Waals surface area contributed by atoms with E-state index in [1.165, 1.54) is 4.88 Å². The van der Waals surface area contributed by atoms with Gasteiger partial charge in [-0.25, -0.2) is 0 Å². The van der Waals surface area contributed by atoms with Crippen molar-refractivity contribution in [2.75, 3.05) is 0 Å². The van der Waals surface area contributed by atoms with Gasteiger partial charge in [-0.1, -0.05) is 5.57 Å². The van der Waals surface area contributed by atoms with Gasteiger partial charge in [0.15, 0.2) is 5.78 Å². The van der Waals surface area contributed by atoms with Crippen LogP contribution in [0.1, 0.15) is 29.1 Å². The molecule has 12 heavy (non-hydrogen) atoms. The number of ketones is 1. The molecule has 0 aromatic carbocycles. The van der Waals surface area contributed by atoms with E-state index in [9.17, 15) is 4.79 Å². The molecule has 64 valence electrons. The van der Waals surface area contributed by atoms with Crippen molar-refractivity contribution in [3.05, 3.63) is 33.5 Å². The first kappa shape index (κ1) is 9.20. The number of rotatable bonds is 2. The number of aryl methyl sites for hydroxylation is 1. The molecule has 1 nitrogen and oxygen atoms in total. The van der Waals surface area contributed by atoms with Gasteiger partial charge in [0.1, 0.15) is 0 Å². The Kier molecular flexibility index (Phi) is 2.82. The van der Waals surface area contributed by atoms with Gasteiger partial charge < -0.3 is 0 Å². The van der Waals surface area contributed by atoms with E-state index in [2.05, 4.69) is 0 Å². The lowest BCUT2D eigenvalue weighted by Crippen LogP contribution is -1.91. The Labute approximate surface area is 76.7 Å². The van der Waals surface area contributed by atoms with Crippen LogP contribution in [0, 0.1) is 6.92 Å². The zero-order valence-electron chi connectivity index (χ0n) is 7.55. The van der Waals surface area contributed by atoms with Gasteiger partial charge in [0, 0.05) is 15.8 Å². The average molecular weight is 180 g/mol. The molecule has 0 aliphatic heterocycles. The first-order valence-electron chi connectivity index (χ1n) is 3.84. The fourth-order valence-corrected chi connectivity index (χ4v) is 1.61. The Morgan fingerprint density at radius 1 is 1.50 bits per heavy atom. The van der Waals surface area contributed by atoms with E-state index in [0.717, 1.165) is 11.1 Å². The third-order valence-corrected chi connectivity index (χ3v) is 2.30. The lowest BCUT2D eigenvalue weighted by atomic mass is 10.1. The standard InChI is InChI=1S/C10H12OS/c1-7(2)4-10(11)9-5-8(3)12-6-9/h4-6H,1-3H3. The summed E-state index contributed by atoms with van der Waals surface area (Å²) in [4.78, 5) is 12.6. The summed E-state index contributed by atoms with van der Waals surface area (Å²) in [7, 11) is 0. The monoisotopic (exact) mass is 180 g/mol. The first-order chi connectivity index (χ1) is 5.59. The third kappa shape index (κ3) is 2.31. The summed E-state index contributed by atoms with van der Waals surface area (Å²) in [5.41, 5.74) is 1.85. The summed E-state index contributed by atoms with van der Waals surface area (Å²) in [5, 5.41) is 1.90. The van der Waals surface area contributed by atoms with Crippen molar-refractivity contribution in [2.45, 2.75) is 20.8 Å². The van der Waals surface area contributed by atoms with Crippen molar-refractivity contribution >= 4 is 17.1 Å². The SMILES string of the molecule is CC(C)=CC(=O)c1csc(C)c1. The predicted molar refractivity (Wildman–Crippen MR) is 52.8 cm³/mol. The van der Waals surface area contributed by atoms with Crippen LogP contribution in [0.2, 0.25) is 0 Å². The van der Waals surface area contributed by atoms with Crippen molar-refractivity contribution in [1.29, 1.82) is 0 Å². The van der Waals surface area contributed by atoms with E-state index < -0.39 is 0 Å². The smallest absolute Gasteiger partial charge is 0.186 e. The highest BCUT2D eigenvalue weighted by Crippen LogP contribution is 2.14. The largest absolute Gasteiger partial charge is 0.289 e. The van der Waals surface area contributed by atoms with Crippen LogP contribution in [0.25, 0.3) is 0 Å².